The molecule has 1 N–H and O–H groups in total. The van der Waals surface area contributed by atoms with Crippen molar-refractivity contribution in [2.75, 3.05) is 13.1 Å². The summed E-state index contributed by atoms with van der Waals surface area (Å²) >= 11 is 0. The van der Waals surface area contributed by atoms with Gasteiger partial charge in [0.2, 0.25) is 15.9 Å². The van der Waals surface area contributed by atoms with Crippen LogP contribution in [0.1, 0.15) is 31.4 Å². The quantitative estimate of drug-likeness (QED) is 0.713. The molecule has 146 valence electrons. The van der Waals surface area contributed by atoms with Gasteiger partial charge in [0.05, 0.1) is 4.90 Å². The highest BCUT2D eigenvalue weighted by Gasteiger charge is 2.21. The first kappa shape index (κ1) is 21.1. The monoisotopic (exact) mass is 392 g/mol. The number of hydrogen-bond acceptors (Lipinski definition) is 3. The lowest BCUT2D eigenvalue weighted by Gasteiger charge is -2.18. The molecule has 0 spiro atoms. The van der Waals surface area contributed by atoms with Crippen molar-refractivity contribution in [2.45, 2.75) is 38.1 Å². The molecular formula is C20H25FN2O3S. The number of rotatable bonds is 9. The average molecular weight is 392 g/mol. The van der Waals surface area contributed by atoms with E-state index in [0.29, 0.717) is 25.1 Å². The molecule has 0 saturated heterocycles. The number of carbonyl (C=O) groups excluding carboxylic acids is 1. The Labute approximate surface area is 160 Å². The van der Waals surface area contributed by atoms with Crippen molar-refractivity contribution in [3.63, 3.8) is 0 Å². The summed E-state index contributed by atoms with van der Waals surface area (Å²) in [4.78, 5) is 12.2. The molecule has 0 atom stereocenters. The highest BCUT2D eigenvalue weighted by Crippen LogP contribution is 2.17. The number of nitrogens with zero attached hydrogens (tertiary/aromatic N) is 1. The van der Waals surface area contributed by atoms with E-state index >= 15 is 0 Å². The molecule has 0 aliphatic carbocycles. The second-order valence-electron chi connectivity index (χ2n) is 6.14. The van der Waals surface area contributed by atoms with Gasteiger partial charge >= 0.3 is 0 Å². The highest BCUT2D eigenvalue weighted by atomic mass is 32.2. The lowest BCUT2D eigenvalue weighted by molar-refractivity contribution is -0.121. The number of carbonyl (C=O) groups is 1. The van der Waals surface area contributed by atoms with Crippen molar-refractivity contribution in [3.8, 4) is 0 Å². The third-order valence-electron chi connectivity index (χ3n) is 4.29. The van der Waals surface area contributed by atoms with Crippen LogP contribution in [0.4, 0.5) is 4.39 Å². The van der Waals surface area contributed by atoms with Gasteiger partial charge in [0.15, 0.2) is 0 Å². The van der Waals surface area contributed by atoms with Gasteiger partial charge in [-0.15, -0.1) is 0 Å². The number of amides is 1. The molecule has 0 heterocycles. The molecule has 0 aliphatic heterocycles. The summed E-state index contributed by atoms with van der Waals surface area (Å²) in [7, 11) is -3.47. The first-order valence-electron chi connectivity index (χ1n) is 8.97. The standard InChI is InChI=1S/C20H25FN2O3S/c1-3-23(4-2)27(25,26)19-11-8-16(9-12-19)10-13-20(24)22-15-17-6-5-7-18(21)14-17/h5-9,11-12,14H,3-4,10,13,15H2,1-2H3,(H,22,24). The zero-order chi connectivity index (χ0) is 19.9. The molecule has 27 heavy (non-hydrogen) atoms. The number of hydrogen-bond donors (Lipinski definition) is 1. The van der Waals surface area contributed by atoms with Gasteiger partial charge in [0.1, 0.15) is 5.82 Å². The van der Waals surface area contributed by atoms with E-state index in [-0.39, 0.29) is 29.6 Å². The number of aryl methyl sites for hydroxylation is 1. The third kappa shape index (κ3) is 5.87. The Morgan fingerprint density at radius 1 is 1.04 bits per heavy atom. The van der Waals surface area contributed by atoms with Crippen LogP contribution in [0.15, 0.2) is 53.4 Å². The van der Waals surface area contributed by atoms with E-state index in [1.807, 2.05) is 0 Å². The van der Waals surface area contributed by atoms with Crippen LogP contribution in [0.3, 0.4) is 0 Å². The molecule has 5 nitrogen and oxygen atoms in total. The Hall–Kier alpha value is -2.25. The van der Waals surface area contributed by atoms with Gasteiger partial charge in [-0.25, -0.2) is 12.8 Å². The van der Waals surface area contributed by atoms with Crippen molar-refractivity contribution in [2.24, 2.45) is 0 Å². The van der Waals surface area contributed by atoms with Crippen LogP contribution in [-0.2, 0) is 27.8 Å². The van der Waals surface area contributed by atoms with E-state index in [1.165, 1.54) is 16.4 Å². The molecule has 0 radical (unpaired) electrons. The van der Waals surface area contributed by atoms with Gasteiger partial charge in [-0.3, -0.25) is 4.79 Å². The van der Waals surface area contributed by atoms with Crippen molar-refractivity contribution in [1.82, 2.24) is 9.62 Å². The Kier molecular flexibility index (Phi) is 7.50. The minimum Gasteiger partial charge on any atom is -0.352 e. The zero-order valence-corrected chi connectivity index (χ0v) is 16.4. The molecule has 0 unspecified atom stereocenters. The van der Waals surface area contributed by atoms with Gasteiger partial charge in [0.25, 0.3) is 0 Å². The van der Waals surface area contributed by atoms with Crippen LogP contribution in [0.5, 0.6) is 0 Å². The van der Waals surface area contributed by atoms with E-state index in [1.54, 1.807) is 50.2 Å². The largest absolute Gasteiger partial charge is 0.352 e. The maximum atomic E-state index is 13.1. The molecule has 0 bridgehead atoms. The van der Waals surface area contributed by atoms with Crippen LogP contribution in [0, 0.1) is 5.82 Å². The minimum atomic E-state index is -3.47. The average Bonchev–Trinajstić information content (AvgIpc) is 2.66. The molecule has 2 aromatic carbocycles. The Morgan fingerprint density at radius 2 is 1.70 bits per heavy atom. The number of halogens is 1. The summed E-state index contributed by atoms with van der Waals surface area (Å²) < 4.78 is 39.4. The molecule has 0 fully saturated rings. The Morgan fingerprint density at radius 3 is 2.30 bits per heavy atom. The zero-order valence-electron chi connectivity index (χ0n) is 15.6. The summed E-state index contributed by atoms with van der Waals surface area (Å²) in [5.74, 6) is -0.472. The minimum absolute atomic E-state index is 0.140. The fourth-order valence-electron chi connectivity index (χ4n) is 2.73. The molecule has 2 aromatic rings. The summed E-state index contributed by atoms with van der Waals surface area (Å²) in [5.41, 5.74) is 1.59. The molecule has 7 heteroatoms. The first-order valence-corrected chi connectivity index (χ1v) is 10.4. The summed E-state index contributed by atoms with van der Waals surface area (Å²) in [6.45, 7) is 4.73. The molecular weight excluding hydrogens is 367 g/mol. The lowest BCUT2D eigenvalue weighted by Crippen LogP contribution is -2.30. The van der Waals surface area contributed by atoms with Gasteiger partial charge < -0.3 is 5.32 Å². The smallest absolute Gasteiger partial charge is 0.243 e. The van der Waals surface area contributed by atoms with Crippen LogP contribution in [0.25, 0.3) is 0 Å². The topological polar surface area (TPSA) is 66.5 Å². The second-order valence-corrected chi connectivity index (χ2v) is 8.08. The molecule has 0 aromatic heterocycles. The lowest BCUT2D eigenvalue weighted by atomic mass is 10.1. The maximum absolute atomic E-state index is 13.1. The molecule has 2 rings (SSSR count). The van der Waals surface area contributed by atoms with Crippen molar-refractivity contribution >= 4 is 15.9 Å². The highest BCUT2D eigenvalue weighted by molar-refractivity contribution is 7.89. The number of sulfonamides is 1. The summed E-state index contributed by atoms with van der Waals surface area (Å²) in [6, 6.07) is 12.7. The predicted molar refractivity (Wildman–Crippen MR) is 103 cm³/mol. The molecule has 0 aliphatic rings. The van der Waals surface area contributed by atoms with E-state index in [0.717, 1.165) is 5.56 Å². The molecule has 1 amide bonds. The van der Waals surface area contributed by atoms with Crippen LogP contribution >= 0.6 is 0 Å². The third-order valence-corrected chi connectivity index (χ3v) is 6.35. The fraction of sp³-hybridized carbons (Fsp3) is 0.350. The van der Waals surface area contributed by atoms with Gasteiger partial charge in [0, 0.05) is 26.1 Å². The Balaban J connectivity index is 1.88. The number of benzene rings is 2. The van der Waals surface area contributed by atoms with Crippen LogP contribution < -0.4 is 5.32 Å². The fourth-order valence-corrected chi connectivity index (χ4v) is 4.19. The normalized spacial score (nSPS) is 11.6. The van der Waals surface area contributed by atoms with Crippen LogP contribution in [0.2, 0.25) is 0 Å². The van der Waals surface area contributed by atoms with Crippen LogP contribution in [-0.4, -0.2) is 31.7 Å². The van der Waals surface area contributed by atoms with Crippen molar-refractivity contribution in [1.29, 1.82) is 0 Å². The SMILES string of the molecule is CCN(CC)S(=O)(=O)c1ccc(CCC(=O)NCc2cccc(F)c2)cc1. The first-order chi connectivity index (χ1) is 12.9. The summed E-state index contributed by atoms with van der Waals surface area (Å²) in [6.07, 6.45) is 0.776. The predicted octanol–water partition coefficient (Wildman–Crippen LogP) is 3.11. The van der Waals surface area contributed by atoms with Crippen molar-refractivity contribution in [3.05, 3.63) is 65.5 Å². The van der Waals surface area contributed by atoms with E-state index < -0.39 is 10.0 Å². The van der Waals surface area contributed by atoms with Crippen molar-refractivity contribution < 1.29 is 17.6 Å². The molecule has 0 saturated carbocycles. The summed E-state index contributed by atoms with van der Waals surface area (Å²) in [5, 5.41) is 2.75. The van der Waals surface area contributed by atoms with Gasteiger partial charge in [-0.2, -0.15) is 4.31 Å². The van der Waals surface area contributed by atoms with E-state index in [2.05, 4.69) is 5.32 Å². The second kappa shape index (κ2) is 9.62. The van der Waals surface area contributed by atoms with Gasteiger partial charge in [-0.05, 0) is 41.8 Å². The van der Waals surface area contributed by atoms with Gasteiger partial charge in [-0.1, -0.05) is 38.1 Å². The van der Waals surface area contributed by atoms with E-state index in [4.69, 9.17) is 0 Å². The van der Waals surface area contributed by atoms with E-state index in [9.17, 15) is 17.6 Å². The maximum Gasteiger partial charge on any atom is 0.243 e. The Bertz CT molecular complexity index is 863. The number of nitrogens with one attached hydrogen (secondary N) is 1.